The first kappa shape index (κ1) is 15.2. The lowest BCUT2D eigenvalue weighted by Gasteiger charge is -2.26. The number of hydrogen-bond acceptors (Lipinski definition) is 3. The number of aromatic nitrogens is 2. The minimum atomic E-state index is -0.190. The van der Waals surface area contributed by atoms with Crippen LogP contribution < -0.4 is 5.73 Å². The fourth-order valence-electron chi connectivity index (χ4n) is 1.89. The second-order valence-corrected chi connectivity index (χ2v) is 4.86. The fourth-order valence-corrected chi connectivity index (χ4v) is 1.89. The van der Waals surface area contributed by atoms with Gasteiger partial charge in [0.1, 0.15) is 0 Å². The van der Waals surface area contributed by atoms with Crippen molar-refractivity contribution in [3.05, 3.63) is 17.5 Å². The molecule has 0 bridgehead atoms. The van der Waals surface area contributed by atoms with Gasteiger partial charge in [0.25, 0.3) is 0 Å². The molecule has 1 aromatic heterocycles. The van der Waals surface area contributed by atoms with E-state index in [9.17, 15) is 0 Å². The van der Waals surface area contributed by atoms with Crippen LogP contribution in [0, 0.1) is 0 Å². The van der Waals surface area contributed by atoms with E-state index >= 15 is 0 Å². The third kappa shape index (κ3) is 3.82. The molecule has 0 aliphatic rings. The summed E-state index contributed by atoms with van der Waals surface area (Å²) in [6.45, 7) is 10.5. The van der Waals surface area contributed by atoms with Gasteiger partial charge >= 0.3 is 0 Å². The average molecular weight is 253 g/mol. The van der Waals surface area contributed by atoms with E-state index in [-0.39, 0.29) is 5.54 Å². The Kier molecular flexibility index (Phi) is 5.82. The molecule has 1 heterocycles. The maximum Gasteiger partial charge on any atom is 0.0885 e. The predicted octanol–water partition coefficient (Wildman–Crippen LogP) is 2.50. The lowest BCUT2D eigenvalue weighted by atomic mass is 9.96. The summed E-state index contributed by atoms with van der Waals surface area (Å²) in [6, 6.07) is 2.12. The Morgan fingerprint density at radius 1 is 1.28 bits per heavy atom. The van der Waals surface area contributed by atoms with Gasteiger partial charge in [-0.3, -0.25) is 4.68 Å². The smallest absolute Gasteiger partial charge is 0.0885 e. The minimum absolute atomic E-state index is 0.190. The van der Waals surface area contributed by atoms with Crippen molar-refractivity contribution in [1.29, 1.82) is 0 Å². The largest absolute Gasteiger partial charge is 0.373 e. The molecule has 0 saturated carbocycles. The summed E-state index contributed by atoms with van der Waals surface area (Å²) in [7, 11) is 0. The van der Waals surface area contributed by atoms with Crippen LogP contribution in [0.1, 0.15) is 51.9 Å². The quantitative estimate of drug-likeness (QED) is 0.774. The van der Waals surface area contributed by atoms with Gasteiger partial charge in [0.15, 0.2) is 0 Å². The van der Waals surface area contributed by atoms with Crippen LogP contribution in [-0.4, -0.2) is 21.9 Å². The Morgan fingerprint density at radius 3 is 2.44 bits per heavy atom. The van der Waals surface area contributed by atoms with Crippen molar-refractivity contribution >= 4 is 0 Å². The van der Waals surface area contributed by atoms with Gasteiger partial charge in [0.2, 0.25) is 0 Å². The molecule has 104 valence electrons. The lowest BCUT2D eigenvalue weighted by molar-refractivity contribution is 0.0656. The molecule has 0 saturated heterocycles. The Bertz CT molecular complexity index is 356. The van der Waals surface area contributed by atoms with Gasteiger partial charge in [-0.1, -0.05) is 20.8 Å². The van der Waals surface area contributed by atoms with Crippen molar-refractivity contribution < 1.29 is 4.74 Å². The van der Waals surface area contributed by atoms with Crippen LogP contribution in [-0.2, 0) is 24.3 Å². The third-order valence-electron chi connectivity index (χ3n) is 3.62. The van der Waals surface area contributed by atoms with E-state index in [1.807, 2.05) is 4.68 Å². The molecule has 1 aromatic rings. The standard InChI is InChI=1S/C14H27N3O/c1-5-12-9-13(17(8-4)16-12)10-18-11-14(15,6-2)7-3/h9H,5-8,10-11,15H2,1-4H3. The van der Waals surface area contributed by atoms with Crippen molar-refractivity contribution in [1.82, 2.24) is 9.78 Å². The van der Waals surface area contributed by atoms with Crippen LogP contribution in [0.25, 0.3) is 0 Å². The second-order valence-electron chi connectivity index (χ2n) is 4.86. The molecule has 0 spiro atoms. The zero-order valence-electron chi connectivity index (χ0n) is 12.2. The summed E-state index contributed by atoms with van der Waals surface area (Å²) < 4.78 is 7.79. The molecule has 0 aromatic carbocycles. The SMILES string of the molecule is CCc1cc(COCC(N)(CC)CC)n(CC)n1. The lowest BCUT2D eigenvalue weighted by Crippen LogP contribution is -2.43. The van der Waals surface area contributed by atoms with Crippen LogP contribution in [0.4, 0.5) is 0 Å². The number of hydrogen-bond donors (Lipinski definition) is 1. The molecule has 0 atom stereocenters. The minimum Gasteiger partial charge on any atom is -0.373 e. The zero-order chi connectivity index (χ0) is 13.6. The maximum absolute atomic E-state index is 6.22. The monoisotopic (exact) mass is 253 g/mol. The number of nitrogens with zero attached hydrogens (tertiary/aromatic N) is 2. The number of nitrogens with two attached hydrogens (primary N) is 1. The summed E-state index contributed by atoms with van der Waals surface area (Å²) >= 11 is 0. The summed E-state index contributed by atoms with van der Waals surface area (Å²) in [5.74, 6) is 0. The first-order chi connectivity index (χ1) is 8.58. The van der Waals surface area contributed by atoms with E-state index in [1.165, 1.54) is 0 Å². The van der Waals surface area contributed by atoms with E-state index in [0.29, 0.717) is 13.2 Å². The van der Waals surface area contributed by atoms with Gasteiger partial charge in [-0.05, 0) is 32.3 Å². The van der Waals surface area contributed by atoms with Crippen molar-refractivity contribution in [2.45, 2.75) is 65.6 Å². The molecule has 18 heavy (non-hydrogen) atoms. The molecule has 0 radical (unpaired) electrons. The molecule has 0 unspecified atom stereocenters. The highest BCUT2D eigenvalue weighted by atomic mass is 16.5. The van der Waals surface area contributed by atoms with Gasteiger partial charge < -0.3 is 10.5 Å². The van der Waals surface area contributed by atoms with Gasteiger partial charge in [0, 0.05) is 12.1 Å². The average Bonchev–Trinajstić information content (AvgIpc) is 2.81. The molecule has 0 aliphatic carbocycles. The molecule has 2 N–H and O–H groups in total. The first-order valence-corrected chi connectivity index (χ1v) is 7.00. The van der Waals surface area contributed by atoms with Crippen LogP contribution >= 0.6 is 0 Å². The third-order valence-corrected chi connectivity index (χ3v) is 3.62. The van der Waals surface area contributed by atoms with Crippen LogP contribution in [0.15, 0.2) is 6.07 Å². The van der Waals surface area contributed by atoms with E-state index < -0.39 is 0 Å². The molecule has 4 nitrogen and oxygen atoms in total. The van der Waals surface area contributed by atoms with Crippen molar-refractivity contribution in [2.75, 3.05) is 6.61 Å². The van der Waals surface area contributed by atoms with Gasteiger partial charge in [0.05, 0.1) is 24.6 Å². The normalized spacial score (nSPS) is 12.1. The molecule has 1 rings (SSSR count). The number of ether oxygens (including phenoxy) is 1. The van der Waals surface area contributed by atoms with E-state index in [4.69, 9.17) is 10.5 Å². The van der Waals surface area contributed by atoms with Crippen LogP contribution in [0.2, 0.25) is 0 Å². The molecular weight excluding hydrogens is 226 g/mol. The van der Waals surface area contributed by atoms with Crippen LogP contribution in [0.3, 0.4) is 0 Å². The summed E-state index contributed by atoms with van der Waals surface area (Å²) in [6.07, 6.45) is 2.85. The van der Waals surface area contributed by atoms with Crippen molar-refractivity contribution in [2.24, 2.45) is 5.73 Å². The van der Waals surface area contributed by atoms with Crippen molar-refractivity contribution in [3.8, 4) is 0 Å². The second kappa shape index (κ2) is 6.90. The highest BCUT2D eigenvalue weighted by Gasteiger charge is 2.20. The van der Waals surface area contributed by atoms with E-state index in [1.54, 1.807) is 0 Å². The molecular formula is C14H27N3O. The Labute approximate surface area is 111 Å². The Hall–Kier alpha value is -0.870. The van der Waals surface area contributed by atoms with E-state index in [2.05, 4.69) is 38.9 Å². The summed E-state index contributed by atoms with van der Waals surface area (Å²) in [4.78, 5) is 0. The van der Waals surface area contributed by atoms with Gasteiger partial charge in [-0.25, -0.2) is 0 Å². The molecule has 0 aliphatic heterocycles. The van der Waals surface area contributed by atoms with E-state index in [0.717, 1.165) is 37.2 Å². The zero-order valence-corrected chi connectivity index (χ0v) is 12.2. The number of aryl methyl sites for hydroxylation is 2. The van der Waals surface area contributed by atoms with Gasteiger partial charge in [-0.2, -0.15) is 5.10 Å². The molecule has 0 fully saturated rings. The number of rotatable bonds is 8. The highest BCUT2D eigenvalue weighted by Crippen LogP contribution is 2.13. The topological polar surface area (TPSA) is 53.1 Å². The fraction of sp³-hybridized carbons (Fsp3) is 0.786. The predicted molar refractivity (Wildman–Crippen MR) is 74.4 cm³/mol. The first-order valence-electron chi connectivity index (χ1n) is 7.00. The highest BCUT2D eigenvalue weighted by molar-refractivity contribution is 5.09. The summed E-state index contributed by atoms with van der Waals surface area (Å²) in [5, 5.41) is 4.51. The van der Waals surface area contributed by atoms with Gasteiger partial charge in [-0.15, -0.1) is 0 Å². The summed E-state index contributed by atoms with van der Waals surface area (Å²) in [5.41, 5.74) is 8.29. The molecule has 0 amide bonds. The molecule has 4 heteroatoms. The maximum atomic E-state index is 6.22. The van der Waals surface area contributed by atoms with Crippen LogP contribution in [0.5, 0.6) is 0 Å². The Morgan fingerprint density at radius 2 is 1.94 bits per heavy atom. The Balaban J connectivity index is 2.55. The van der Waals surface area contributed by atoms with Crippen molar-refractivity contribution in [3.63, 3.8) is 0 Å².